The molecule has 0 heterocycles. The second-order valence-corrected chi connectivity index (χ2v) is 6.59. The highest BCUT2D eigenvalue weighted by molar-refractivity contribution is 5.32. The molecule has 0 radical (unpaired) electrons. The highest BCUT2D eigenvalue weighted by Gasteiger charge is 2.19. The van der Waals surface area contributed by atoms with Gasteiger partial charge in [0.25, 0.3) is 0 Å². The van der Waals surface area contributed by atoms with E-state index in [1.807, 2.05) is 0 Å². The van der Waals surface area contributed by atoms with Crippen molar-refractivity contribution in [2.24, 2.45) is 5.92 Å². The summed E-state index contributed by atoms with van der Waals surface area (Å²) < 4.78 is 0. The van der Waals surface area contributed by atoms with Gasteiger partial charge in [-0.3, -0.25) is 0 Å². The van der Waals surface area contributed by atoms with Crippen molar-refractivity contribution < 1.29 is 0 Å². The lowest BCUT2D eigenvalue weighted by atomic mass is 9.92. The first-order valence-electron chi connectivity index (χ1n) is 8.51. The molecule has 1 aliphatic carbocycles. The van der Waals surface area contributed by atoms with Crippen molar-refractivity contribution in [2.45, 2.75) is 71.8 Å². The van der Waals surface area contributed by atoms with Crippen molar-refractivity contribution in [1.29, 1.82) is 0 Å². The van der Waals surface area contributed by atoms with Crippen molar-refractivity contribution >= 4 is 0 Å². The molecule has 0 bridgehead atoms. The summed E-state index contributed by atoms with van der Waals surface area (Å²) in [6.45, 7) is 7.83. The van der Waals surface area contributed by atoms with E-state index < -0.39 is 0 Å². The van der Waals surface area contributed by atoms with Gasteiger partial charge >= 0.3 is 0 Å². The lowest BCUT2D eigenvalue weighted by Gasteiger charge is -2.23. The minimum Gasteiger partial charge on any atom is -0.310 e. The molecule has 1 saturated carbocycles. The average molecular weight is 273 g/mol. The van der Waals surface area contributed by atoms with Crippen molar-refractivity contribution in [2.75, 3.05) is 6.54 Å². The zero-order chi connectivity index (χ0) is 14.4. The van der Waals surface area contributed by atoms with Gasteiger partial charge in [-0.05, 0) is 56.7 Å². The normalized spacial score (nSPS) is 17.6. The molecular weight excluding hydrogens is 242 g/mol. The third-order valence-electron chi connectivity index (χ3n) is 4.78. The summed E-state index contributed by atoms with van der Waals surface area (Å²) >= 11 is 0. The number of benzene rings is 1. The molecule has 0 aliphatic heterocycles. The summed E-state index contributed by atoms with van der Waals surface area (Å²) in [5, 5.41) is 3.77. The van der Waals surface area contributed by atoms with Crippen LogP contribution >= 0.6 is 0 Å². The van der Waals surface area contributed by atoms with Gasteiger partial charge in [-0.15, -0.1) is 0 Å². The fraction of sp³-hybridized carbons (Fsp3) is 0.684. The van der Waals surface area contributed by atoms with Crippen molar-refractivity contribution in [3.05, 3.63) is 34.9 Å². The summed E-state index contributed by atoms with van der Waals surface area (Å²) in [6.07, 6.45) is 9.76. The van der Waals surface area contributed by atoms with Gasteiger partial charge < -0.3 is 5.32 Å². The summed E-state index contributed by atoms with van der Waals surface area (Å²) in [4.78, 5) is 0. The van der Waals surface area contributed by atoms with Gasteiger partial charge in [-0.2, -0.15) is 0 Å². The Balaban J connectivity index is 2.01. The van der Waals surface area contributed by atoms with E-state index in [1.54, 1.807) is 0 Å². The van der Waals surface area contributed by atoms with Crippen LogP contribution in [0.2, 0.25) is 0 Å². The van der Waals surface area contributed by atoms with Crippen LogP contribution < -0.4 is 5.32 Å². The van der Waals surface area contributed by atoms with Crippen LogP contribution in [0.15, 0.2) is 18.2 Å². The Morgan fingerprint density at radius 2 is 1.95 bits per heavy atom. The number of nitrogens with one attached hydrogen (secondary N) is 1. The Hall–Kier alpha value is -0.820. The molecule has 1 aromatic rings. The van der Waals surface area contributed by atoms with E-state index in [1.165, 1.54) is 61.6 Å². The molecule has 0 spiro atoms. The molecule has 1 atom stereocenters. The molecule has 1 aromatic carbocycles. The summed E-state index contributed by atoms with van der Waals surface area (Å²) in [5.41, 5.74) is 4.34. The second kappa shape index (κ2) is 7.83. The molecule has 1 heteroatoms. The maximum absolute atomic E-state index is 3.77. The lowest BCUT2D eigenvalue weighted by Crippen LogP contribution is -2.23. The molecule has 20 heavy (non-hydrogen) atoms. The lowest BCUT2D eigenvalue weighted by molar-refractivity contribution is 0.411. The summed E-state index contributed by atoms with van der Waals surface area (Å²) in [6, 6.07) is 7.48. The van der Waals surface area contributed by atoms with Crippen LogP contribution in [-0.4, -0.2) is 6.54 Å². The molecule has 1 nitrogen and oxygen atoms in total. The predicted octanol–water partition coefficient (Wildman–Crippen LogP) is 5.31. The molecule has 1 aliphatic rings. The molecule has 1 unspecified atom stereocenters. The van der Waals surface area contributed by atoms with E-state index in [4.69, 9.17) is 0 Å². The summed E-state index contributed by atoms with van der Waals surface area (Å²) in [5.74, 6) is 0.992. The Kier molecular flexibility index (Phi) is 6.09. The smallest absolute Gasteiger partial charge is 0.0322 e. The number of hydrogen-bond donors (Lipinski definition) is 1. The van der Waals surface area contributed by atoms with E-state index in [0.717, 1.165) is 12.5 Å². The van der Waals surface area contributed by atoms with Crippen LogP contribution in [0.4, 0.5) is 0 Å². The average Bonchev–Trinajstić information content (AvgIpc) is 2.93. The number of aryl methyl sites for hydroxylation is 2. The SMILES string of the molecule is CCCNC(CCC1CCCC1)c1ccc(C)cc1C. The van der Waals surface area contributed by atoms with E-state index in [9.17, 15) is 0 Å². The fourth-order valence-electron chi connectivity index (χ4n) is 3.60. The maximum atomic E-state index is 3.77. The zero-order valence-corrected chi connectivity index (χ0v) is 13.5. The zero-order valence-electron chi connectivity index (χ0n) is 13.5. The topological polar surface area (TPSA) is 12.0 Å². The van der Waals surface area contributed by atoms with Gasteiger partial charge in [-0.25, -0.2) is 0 Å². The van der Waals surface area contributed by atoms with Crippen molar-refractivity contribution in [1.82, 2.24) is 5.32 Å². The minimum atomic E-state index is 0.552. The van der Waals surface area contributed by atoms with Crippen LogP contribution in [0.5, 0.6) is 0 Å². The first-order chi connectivity index (χ1) is 9.70. The van der Waals surface area contributed by atoms with E-state index >= 15 is 0 Å². The van der Waals surface area contributed by atoms with E-state index in [2.05, 4.69) is 44.3 Å². The van der Waals surface area contributed by atoms with E-state index in [-0.39, 0.29) is 0 Å². The van der Waals surface area contributed by atoms with E-state index in [0.29, 0.717) is 6.04 Å². The number of hydrogen-bond acceptors (Lipinski definition) is 1. The van der Waals surface area contributed by atoms with Crippen LogP contribution in [0.25, 0.3) is 0 Å². The highest BCUT2D eigenvalue weighted by atomic mass is 14.9. The van der Waals surface area contributed by atoms with Crippen LogP contribution in [0.3, 0.4) is 0 Å². The van der Waals surface area contributed by atoms with Gasteiger partial charge in [0.05, 0.1) is 0 Å². The van der Waals surface area contributed by atoms with Gasteiger partial charge in [0, 0.05) is 6.04 Å². The van der Waals surface area contributed by atoms with Crippen LogP contribution in [0, 0.1) is 19.8 Å². The largest absolute Gasteiger partial charge is 0.310 e. The predicted molar refractivity (Wildman–Crippen MR) is 88.1 cm³/mol. The molecule has 1 N–H and O–H groups in total. The summed E-state index contributed by atoms with van der Waals surface area (Å²) in [7, 11) is 0. The van der Waals surface area contributed by atoms with Gasteiger partial charge in [0.2, 0.25) is 0 Å². The van der Waals surface area contributed by atoms with Crippen LogP contribution in [-0.2, 0) is 0 Å². The fourth-order valence-corrected chi connectivity index (χ4v) is 3.60. The first-order valence-corrected chi connectivity index (χ1v) is 8.51. The molecule has 1 fully saturated rings. The van der Waals surface area contributed by atoms with Gasteiger partial charge in [0.15, 0.2) is 0 Å². The van der Waals surface area contributed by atoms with Gasteiger partial charge in [0.1, 0.15) is 0 Å². The standard InChI is InChI=1S/C19H31N/c1-4-13-20-19(12-10-17-7-5-6-8-17)18-11-9-15(2)14-16(18)3/h9,11,14,17,19-20H,4-8,10,12-13H2,1-3H3. The third-order valence-corrected chi connectivity index (χ3v) is 4.78. The Morgan fingerprint density at radius 3 is 2.60 bits per heavy atom. The quantitative estimate of drug-likeness (QED) is 0.709. The van der Waals surface area contributed by atoms with Gasteiger partial charge in [-0.1, -0.05) is 56.4 Å². The Bertz CT molecular complexity index is 404. The second-order valence-electron chi connectivity index (χ2n) is 6.59. The maximum Gasteiger partial charge on any atom is 0.0322 e. The molecule has 112 valence electrons. The highest BCUT2D eigenvalue weighted by Crippen LogP contribution is 2.32. The molecule has 0 amide bonds. The third kappa shape index (κ3) is 4.34. The monoisotopic (exact) mass is 273 g/mol. The first kappa shape index (κ1) is 15.6. The van der Waals surface area contributed by atoms with Crippen molar-refractivity contribution in [3.8, 4) is 0 Å². The minimum absolute atomic E-state index is 0.552. The number of rotatable bonds is 7. The molecule has 2 rings (SSSR count). The Labute approximate surface area is 125 Å². The van der Waals surface area contributed by atoms with Crippen molar-refractivity contribution in [3.63, 3.8) is 0 Å². The van der Waals surface area contributed by atoms with Crippen LogP contribution in [0.1, 0.15) is 74.6 Å². The Morgan fingerprint density at radius 1 is 1.20 bits per heavy atom. The molecule has 0 saturated heterocycles. The molecule has 0 aromatic heterocycles. The molecular formula is C19H31N.